The van der Waals surface area contributed by atoms with Gasteiger partial charge in [0.2, 0.25) is 0 Å². The average Bonchev–Trinajstić information content (AvgIpc) is 2.17. The molecule has 0 aliphatic heterocycles. The maximum atomic E-state index is 9.72. The minimum Gasteiger partial charge on any atom is -0.511 e. The summed E-state index contributed by atoms with van der Waals surface area (Å²) in [5, 5.41) is 13.0. The Balaban J connectivity index is 3.07. The van der Waals surface area contributed by atoms with Crippen LogP contribution in [0.2, 0.25) is 0 Å². The Labute approximate surface area is 91.6 Å². The van der Waals surface area contributed by atoms with Crippen molar-refractivity contribution in [2.45, 2.75) is 32.4 Å². The highest BCUT2D eigenvalue weighted by Gasteiger charge is 2.30. The minimum atomic E-state index is -0.574. The Morgan fingerprint density at radius 1 is 1.33 bits per heavy atom. The number of rotatable bonds is 4. The Morgan fingerprint density at radius 2 is 1.87 bits per heavy atom. The average molecular weight is 205 g/mol. The van der Waals surface area contributed by atoms with Crippen molar-refractivity contribution in [1.29, 1.82) is 0 Å². The van der Waals surface area contributed by atoms with Crippen molar-refractivity contribution in [2.75, 3.05) is 0 Å². The first kappa shape index (κ1) is 11.8. The lowest BCUT2D eigenvalue weighted by Crippen LogP contribution is -2.44. The zero-order valence-corrected chi connectivity index (χ0v) is 9.62. The van der Waals surface area contributed by atoms with Crippen LogP contribution in [-0.2, 0) is 5.54 Å². The van der Waals surface area contributed by atoms with Crippen LogP contribution < -0.4 is 5.32 Å². The van der Waals surface area contributed by atoms with Gasteiger partial charge in [0.05, 0.1) is 5.54 Å². The maximum Gasteiger partial charge on any atom is 0.109 e. The van der Waals surface area contributed by atoms with Crippen molar-refractivity contribution in [3.05, 3.63) is 48.2 Å². The lowest BCUT2D eigenvalue weighted by atomic mass is 9.89. The summed E-state index contributed by atoms with van der Waals surface area (Å²) in [5.41, 5.74) is 0.446. The van der Waals surface area contributed by atoms with Gasteiger partial charge in [-0.3, -0.25) is 5.32 Å². The van der Waals surface area contributed by atoms with E-state index in [1.54, 1.807) is 0 Å². The fraction of sp³-hybridized carbons (Fsp3) is 0.385. The topological polar surface area (TPSA) is 32.3 Å². The number of nitrogens with one attached hydrogen (secondary N) is 1. The summed E-state index contributed by atoms with van der Waals surface area (Å²) < 4.78 is 0. The SMILES string of the molecule is C=C(O)C(C)(NC(C)C)c1ccccc1. The second-order valence-electron chi connectivity index (χ2n) is 4.24. The smallest absolute Gasteiger partial charge is 0.109 e. The molecule has 0 saturated heterocycles. The third-order valence-electron chi connectivity index (χ3n) is 2.51. The number of aliphatic hydroxyl groups excluding tert-OH is 1. The monoisotopic (exact) mass is 205 g/mol. The van der Waals surface area contributed by atoms with Crippen LogP contribution in [0.3, 0.4) is 0 Å². The molecule has 0 fully saturated rings. The molecule has 1 aromatic carbocycles. The van der Waals surface area contributed by atoms with Crippen LogP contribution in [-0.4, -0.2) is 11.1 Å². The fourth-order valence-corrected chi connectivity index (χ4v) is 1.68. The highest BCUT2D eigenvalue weighted by molar-refractivity contribution is 5.30. The van der Waals surface area contributed by atoms with E-state index < -0.39 is 5.54 Å². The summed E-state index contributed by atoms with van der Waals surface area (Å²) in [4.78, 5) is 0. The molecule has 0 bridgehead atoms. The molecule has 0 heterocycles. The molecular formula is C13H19NO. The molecule has 2 heteroatoms. The molecule has 0 spiro atoms. The lowest BCUT2D eigenvalue weighted by Gasteiger charge is -2.32. The normalized spacial score (nSPS) is 14.9. The standard InChI is InChI=1S/C13H19NO/c1-10(2)14-13(4,11(3)15)12-8-6-5-7-9-12/h5-10,14-15H,3H2,1-2,4H3. The molecule has 15 heavy (non-hydrogen) atoms. The number of hydrogen-bond acceptors (Lipinski definition) is 2. The van der Waals surface area contributed by atoms with Gasteiger partial charge >= 0.3 is 0 Å². The van der Waals surface area contributed by atoms with E-state index in [0.717, 1.165) is 5.56 Å². The summed E-state index contributed by atoms with van der Waals surface area (Å²) in [6.07, 6.45) is 0. The van der Waals surface area contributed by atoms with Gasteiger partial charge in [-0.05, 0) is 26.3 Å². The highest BCUT2D eigenvalue weighted by atomic mass is 16.3. The first-order chi connectivity index (χ1) is 6.97. The summed E-state index contributed by atoms with van der Waals surface area (Å²) >= 11 is 0. The summed E-state index contributed by atoms with van der Waals surface area (Å²) in [6.45, 7) is 9.68. The van der Waals surface area contributed by atoms with E-state index in [1.807, 2.05) is 51.1 Å². The van der Waals surface area contributed by atoms with Gasteiger partial charge in [0.15, 0.2) is 0 Å². The zero-order valence-electron chi connectivity index (χ0n) is 9.62. The molecule has 1 atom stereocenters. The van der Waals surface area contributed by atoms with Crippen LogP contribution in [0.4, 0.5) is 0 Å². The van der Waals surface area contributed by atoms with Crippen molar-refractivity contribution >= 4 is 0 Å². The first-order valence-corrected chi connectivity index (χ1v) is 5.18. The van der Waals surface area contributed by atoms with Gasteiger partial charge in [-0.25, -0.2) is 0 Å². The molecule has 1 aromatic rings. The molecule has 0 amide bonds. The van der Waals surface area contributed by atoms with E-state index in [4.69, 9.17) is 0 Å². The van der Waals surface area contributed by atoms with Gasteiger partial charge in [0.25, 0.3) is 0 Å². The molecule has 1 rings (SSSR count). The lowest BCUT2D eigenvalue weighted by molar-refractivity contribution is 0.255. The van der Waals surface area contributed by atoms with Crippen LogP contribution in [0.15, 0.2) is 42.7 Å². The van der Waals surface area contributed by atoms with E-state index in [0.29, 0.717) is 0 Å². The molecule has 2 nitrogen and oxygen atoms in total. The number of aliphatic hydroxyl groups is 1. The van der Waals surface area contributed by atoms with E-state index in [1.165, 1.54) is 0 Å². The van der Waals surface area contributed by atoms with Crippen LogP contribution in [0, 0.1) is 0 Å². The van der Waals surface area contributed by atoms with E-state index in [2.05, 4.69) is 11.9 Å². The summed E-state index contributed by atoms with van der Waals surface area (Å²) in [6, 6.07) is 10.1. The van der Waals surface area contributed by atoms with Crippen molar-refractivity contribution in [1.82, 2.24) is 5.32 Å². The van der Waals surface area contributed by atoms with Crippen LogP contribution in [0.1, 0.15) is 26.3 Å². The maximum absolute atomic E-state index is 9.72. The molecule has 0 aromatic heterocycles. The van der Waals surface area contributed by atoms with E-state index in [-0.39, 0.29) is 11.8 Å². The van der Waals surface area contributed by atoms with Gasteiger partial charge in [0, 0.05) is 6.04 Å². The van der Waals surface area contributed by atoms with E-state index in [9.17, 15) is 5.11 Å². The Morgan fingerprint density at radius 3 is 2.27 bits per heavy atom. The first-order valence-electron chi connectivity index (χ1n) is 5.18. The van der Waals surface area contributed by atoms with Gasteiger partial charge in [0.1, 0.15) is 5.76 Å². The Bertz CT molecular complexity index is 332. The Kier molecular flexibility index (Phi) is 3.53. The summed E-state index contributed by atoms with van der Waals surface area (Å²) in [5.74, 6) is 0.141. The van der Waals surface area contributed by atoms with Gasteiger partial charge in [-0.15, -0.1) is 0 Å². The zero-order chi connectivity index (χ0) is 11.5. The molecular weight excluding hydrogens is 186 g/mol. The quantitative estimate of drug-likeness (QED) is 0.741. The molecule has 82 valence electrons. The molecule has 0 aliphatic carbocycles. The summed E-state index contributed by atoms with van der Waals surface area (Å²) in [7, 11) is 0. The van der Waals surface area contributed by atoms with Gasteiger partial charge in [-0.2, -0.15) is 0 Å². The molecule has 2 N–H and O–H groups in total. The largest absolute Gasteiger partial charge is 0.511 e. The molecule has 0 aliphatic rings. The van der Waals surface area contributed by atoms with Crippen molar-refractivity contribution in [2.24, 2.45) is 0 Å². The van der Waals surface area contributed by atoms with Crippen molar-refractivity contribution in [3.63, 3.8) is 0 Å². The van der Waals surface area contributed by atoms with Crippen LogP contribution in [0.5, 0.6) is 0 Å². The second-order valence-corrected chi connectivity index (χ2v) is 4.24. The van der Waals surface area contributed by atoms with Crippen molar-refractivity contribution in [3.8, 4) is 0 Å². The third-order valence-corrected chi connectivity index (χ3v) is 2.51. The predicted molar refractivity (Wildman–Crippen MR) is 63.8 cm³/mol. The number of benzene rings is 1. The second kappa shape index (κ2) is 4.49. The van der Waals surface area contributed by atoms with Crippen LogP contribution in [0.25, 0.3) is 0 Å². The molecule has 1 unspecified atom stereocenters. The fourth-order valence-electron chi connectivity index (χ4n) is 1.68. The molecule has 0 radical (unpaired) electrons. The van der Waals surface area contributed by atoms with Crippen molar-refractivity contribution < 1.29 is 5.11 Å². The Hall–Kier alpha value is -1.28. The van der Waals surface area contributed by atoms with Gasteiger partial charge in [-0.1, -0.05) is 36.9 Å². The van der Waals surface area contributed by atoms with E-state index >= 15 is 0 Å². The molecule has 0 saturated carbocycles. The van der Waals surface area contributed by atoms with Gasteiger partial charge < -0.3 is 5.11 Å². The predicted octanol–water partition coefficient (Wildman–Crippen LogP) is 2.97. The highest BCUT2D eigenvalue weighted by Crippen LogP contribution is 2.26. The number of hydrogen-bond donors (Lipinski definition) is 2. The van der Waals surface area contributed by atoms with Crippen LogP contribution >= 0.6 is 0 Å². The minimum absolute atomic E-state index is 0.141. The third kappa shape index (κ3) is 2.60.